The Kier molecular flexibility index (Phi) is 2.14. The van der Waals surface area contributed by atoms with E-state index >= 15 is 0 Å². The van der Waals surface area contributed by atoms with Crippen LogP contribution < -0.4 is 15.8 Å². The molecule has 74 valence electrons. The van der Waals surface area contributed by atoms with E-state index in [1.807, 2.05) is 6.07 Å². The first-order valence-corrected chi connectivity index (χ1v) is 4.37. The number of carbonyl (C=O) groups is 1. The number of urea groups is 1. The first-order chi connectivity index (χ1) is 6.75. The van der Waals surface area contributed by atoms with Gasteiger partial charge >= 0.3 is 6.03 Å². The molecule has 3 N–H and O–H groups in total. The Morgan fingerprint density at radius 2 is 2.29 bits per heavy atom. The van der Waals surface area contributed by atoms with Crippen LogP contribution in [0.3, 0.4) is 0 Å². The van der Waals surface area contributed by atoms with Crippen molar-refractivity contribution in [1.82, 2.24) is 10.7 Å². The van der Waals surface area contributed by atoms with E-state index in [4.69, 9.17) is 0 Å². The Labute approximate surface area is 81.3 Å². The van der Waals surface area contributed by atoms with Gasteiger partial charge in [0, 0.05) is 12.6 Å². The van der Waals surface area contributed by atoms with E-state index in [1.165, 1.54) is 0 Å². The molecule has 1 aromatic carbocycles. The fourth-order valence-electron chi connectivity index (χ4n) is 1.35. The van der Waals surface area contributed by atoms with E-state index in [-0.39, 0.29) is 11.8 Å². The van der Waals surface area contributed by atoms with Crippen LogP contribution in [0.15, 0.2) is 24.3 Å². The minimum Gasteiger partial charge on any atom is -0.508 e. The second-order valence-electron chi connectivity index (χ2n) is 3.04. The average molecular weight is 193 g/mol. The molecule has 1 aliphatic heterocycles. The van der Waals surface area contributed by atoms with Gasteiger partial charge in [-0.3, -0.25) is 5.01 Å². The number of anilines is 1. The molecule has 1 saturated heterocycles. The summed E-state index contributed by atoms with van der Waals surface area (Å²) in [6.45, 7) is 1.27. The van der Waals surface area contributed by atoms with Crippen molar-refractivity contribution in [2.45, 2.75) is 0 Å². The zero-order chi connectivity index (χ0) is 9.97. The average Bonchev–Trinajstić information content (AvgIpc) is 2.18. The van der Waals surface area contributed by atoms with Gasteiger partial charge in [0.2, 0.25) is 0 Å². The van der Waals surface area contributed by atoms with E-state index in [0.29, 0.717) is 13.1 Å². The molecule has 5 heteroatoms. The van der Waals surface area contributed by atoms with Gasteiger partial charge in [-0.05, 0) is 12.1 Å². The van der Waals surface area contributed by atoms with Gasteiger partial charge in [-0.1, -0.05) is 6.07 Å². The van der Waals surface area contributed by atoms with Crippen LogP contribution in [0, 0.1) is 0 Å². The lowest BCUT2D eigenvalue weighted by atomic mass is 10.3. The summed E-state index contributed by atoms with van der Waals surface area (Å²) in [5, 5.41) is 13.6. The van der Waals surface area contributed by atoms with Gasteiger partial charge in [0.1, 0.15) is 5.75 Å². The predicted octanol–water partition coefficient (Wildman–Crippen LogP) is 0.426. The number of nitrogens with one attached hydrogen (secondary N) is 2. The van der Waals surface area contributed by atoms with Crippen molar-refractivity contribution < 1.29 is 9.90 Å². The highest BCUT2D eigenvalue weighted by atomic mass is 16.3. The fourth-order valence-corrected chi connectivity index (χ4v) is 1.35. The third-order valence-corrected chi connectivity index (χ3v) is 2.00. The smallest absolute Gasteiger partial charge is 0.333 e. The molecule has 0 unspecified atom stereocenters. The number of aromatic hydroxyl groups is 1. The van der Waals surface area contributed by atoms with Gasteiger partial charge in [-0.2, -0.15) is 0 Å². The summed E-state index contributed by atoms with van der Waals surface area (Å²) in [5.74, 6) is 0.190. The highest BCUT2D eigenvalue weighted by molar-refractivity contribution is 5.77. The van der Waals surface area contributed by atoms with Crippen molar-refractivity contribution >= 4 is 11.7 Å². The Morgan fingerprint density at radius 1 is 1.43 bits per heavy atom. The lowest BCUT2D eigenvalue weighted by Crippen LogP contribution is -2.56. The maximum atomic E-state index is 11.0. The van der Waals surface area contributed by atoms with Crippen molar-refractivity contribution in [2.24, 2.45) is 0 Å². The molecular formula is C9H11N3O2. The van der Waals surface area contributed by atoms with Gasteiger partial charge in [0.05, 0.1) is 12.2 Å². The monoisotopic (exact) mass is 193 g/mol. The third-order valence-electron chi connectivity index (χ3n) is 2.00. The molecule has 0 aromatic heterocycles. The molecule has 1 fully saturated rings. The molecule has 2 rings (SSSR count). The first kappa shape index (κ1) is 8.68. The summed E-state index contributed by atoms with van der Waals surface area (Å²) in [6.07, 6.45) is 0. The number of hydrogen-bond acceptors (Lipinski definition) is 3. The first-order valence-electron chi connectivity index (χ1n) is 4.37. The summed E-state index contributed by atoms with van der Waals surface area (Å²) in [7, 11) is 0. The van der Waals surface area contributed by atoms with Gasteiger partial charge in [-0.15, -0.1) is 0 Å². The van der Waals surface area contributed by atoms with Gasteiger partial charge in [-0.25, -0.2) is 10.2 Å². The number of nitrogens with zero attached hydrogens (tertiary/aromatic N) is 1. The second kappa shape index (κ2) is 3.45. The van der Waals surface area contributed by atoms with Crippen LogP contribution in [-0.2, 0) is 0 Å². The highest BCUT2D eigenvalue weighted by Crippen LogP contribution is 2.18. The summed E-state index contributed by atoms with van der Waals surface area (Å²) in [5.41, 5.74) is 3.41. The van der Waals surface area contributed by atoms with Gasteiger partial charge < -0.3 is 10.4 Å². The number of hydrogen-bond donors (Lipinski definition) is 3. The normalized spacial score (nSPS) is 16.0. The molecule has 14 heavy (non-hydrogen) atoms. The summed E-state index contributed by atoms with van der Waals surface area (Å²) in [4.78, 5) is 11.0. The topological polar surface area (TPSA) is 64.6 Å². The largest absolute Gasteiger partial charge is 0.508 e. The van der Waals surface area contributed by atoms with Crippen LogP contribution in [0.4, 0.5) is 10.5 Å². The molecule has 0 aliphatic carbocycles. The quantitative estimate of drug-likeness (QED) is 0.606. The molecule has 1 aliphatic rings. The fraction of sp³-hybridized carbons (Fsp3) is 0.222. The molecular weight excluding hydrogens is 182 g/mol. The molecule has 5 nitrogen and oxygen atoms in total. The number of phenols is 1. The molecule has 0 bridgehead atoms. The van der Waals surface area contributed by atoms with Crippen LogP contribution in [0.5, 0.6) is 5.75 Å². The Hall–Kier alpha value is -1.91. The molecule has 0 saturated carbocycles. The van der Waals surface area contributed by atoms with Crippen LogP contribution in [0.1, 0.15) is 0 Å². The zero-order valence-corrected chi connectivity index (χ0v) is 7.53. The van der Waals surface area contributed by atoms with Crippen LogP contribution >= 0.6 is 0 Å². The van der Waals surface area contributed by atoms with Crippen molar-refractivity contribution in [3.05, 3.63) is 24.3 Å². The highest BCUT2D eigenvalue weighted by Gasteiger charge is 2.14. The van der Waals surface area contributed by atoms with E-state index in [0.717, 1.165) is 5.69 Å². The van der Waals surface area contributed by atoms with E-state index in [2.05, 4.69) is 10.7 Å². The van der Waals surface area contributed by atoms with Crippen LogP contribution in [0.25, 0.3) is 0 Å². The number of rotatable bonds is 1. The molecule has 1 aromatic rings. The lowest BCUT2D eigenvalue weighted by molar-refractivity contribution is 0.236. The predicted molar refractivity (Wildman–Crippen MR) is 52.0 cm³/mol. The number of benzene rings is 1. The zero-order valence-electron chi connectivity index (χ0n) is 7.53. The Morgan fingerprint density at radius 3 is 3.00 bits per heavy atom. The minimum atomic E-state index is -0.223. The van der Waals surface area contributed by atoms with Crippen molar-refractivity contribution in [2.75, 3.05) is 18.1 Å². The standard InChI is InChI=1S/C9H11N3O2/c13-8-3-1-2-7(6-8)12-5-4-10-9(14)11-12/h1-3,6,13H,4-5H2,(H2,10,11,14). The van der Waals surface area contributed by atoms with Gasteiger partial charge in [0.15, 0.2) is 0 Å². The number of amides is 2. The van der Waals surface area contributed by atoms with Crippen LogP contribution in [0.2, 0.25) is 0 Å². The van der Waals surface area contributed by atoms with Crippen LogP contribution in [-0.4, -0.2) is 24.2 Å². The number of phenolic OH excluding ortho intramolecular Hbond substituents is 1. The lowest BCUT2D eigenvalue weighted by Gasteiger charge is -2.29. The Balaban J connectivity index is 2.17. The van der Waals surface area contributed by atoms with E-state index in [9.17, 15) is 9.90 Å². The van der Waals surface area contributed by atoms with E-state index in [1.54, 1.807) is 23.2 Å². The third kappa shape index (κ3) is 1.71. The summed E-state index contributed by atoms with van der Waals surface area (Å²) in [6, 6.07) is 6.53. The molecule has 1 heterocycles. The number of carbonyl (C=O) groups excluding carboxylic acids is 1. The molecule has 2 amide bonds. The van der Waals surface area contributed by atoms with Crippen molar-refractivity contribution in [3.8, 4) is 5.75 Å². The van der Waals surface area contributed by atoms with Gasteiger partial charge in [0.25, 0.3) is 0 Å². The second-order valence-corrected chi connectivity index (χ2v) is 3.04. The number of hydrazine groups is 1. The van der Waals surface area contributed by atoms with E-state index < -0.39 is 0 Å². The maximum absolute atomic E-state index is 11.0. The molecule has 0 atom stereocenters. The Bertz CT molecular complexity index is 354. The van der Waals surface area contributed by atoms with Crippen molar-refractivity contribution in [3.63, 3.8) is 0 Å². The molecule has 0 spiro atoms. The summed E-state index contributed by atoms with van der Waals surface area (Å²) >= 11 is 0. The van der Waals surface area contributed by atoms with Crippen molar-refractivity contribution in [1.29, 1.82) is 0 Å². The molecule has 0 radical (unpaired) electrons. The minimum absolute atomic E-state index is 0.190. The maximum Gasteiger partial charge on any atom is 0.333 e. The SMILES string of the molecule is O=C1NCCN(c2cccc(O)c2)N1. The summed E-state index contributed by atoms with van der Waals surface area (Å²) < 4.78 is 0.